The van der Waals surface area contributed by atoms with Crippen LogP contribution < -0.4 is 0 Å². The molecule has 0 saturated carbocycles. The zero-order valence-corrected chi connectivity index (χ0v) is 7.44. The third-order valence-electron chi connectivity index (χ3n) is 1.32. The van der Waals surface area contributed by atoms with Gasteiger partial charge in [0.2, 0.25) is 0 Å². The molecule has 0 atom stereocenters. The topological polar surface area (TPSA) is 30.7 Å². The first-order valence-electron chi connectivity index (χ1n) is 2.88. The van der Waals surface area contributed by atoms with Crippen molar-refractivity contribution in [2.45, 2.75) is 11.5 Å². The predicted octanol–water partition coefficient (Wildman–Crippen LogP) is 0.675. The van der Waals surface area contributed by atoms with Crippen LogP contribution in [0.25, 0.3) is 0 Å². The molecule has 0 unspecified atom stereocenters. The summed E-state index contributed by atoms with van der Waals surface area (Å²) in [5, 5.41) is 7.72. The highest BCUT2D eigenvalue weighted by atomic mass is 32.1. The van der Waals surface area contributed by atoms with Crippen molar-refractivity contribution < 1.29 is 0 Å². The first-order valence-corrected chi connectivity index (χ1v) is 4.15. The predicted molar refractivity (Wildman–Crippen MR) is 46.4 cm³/mol. The molecule has 1 aromatic heterocycles. The second-order valence-electron chi connectivity index (χ2n) is 1.92. The summed E-state index contributed by atoms with van der Waals surface area (Å²) in [6.45, 7) is 0. The Morgan fingerprint density at radius 1 is 1.40 bits per heavy atom. The highest BCUT2D eigenvalue weighted by Crippen LogP contribution is 2.08. The van der Waals surface area contributed by atoms with E-state index in [1.807, 2.05) is 7.05 Å². The Labute approximate surface area is 70.6 Å². The van der Waals surface area contributed by atoms with Gasteiger partial charge in [0.05, 0.1) is 11.4 Å². The number of aryl methyl sites for hydroxylation is 1. The van der Waals surface area contributed by atoms with E-state index in [1.165, 1.54) is 0 Å². The molecule has 0 fully saturated rings. The minimum Gasteiger partial charge on any atom is -0.251 e. The maximum Gasteiger partial charge on any atom is 0.0963 e. The van der Waals surface area contributed by atoms with Crippen LogP contribution in [0.3, 0.4) is 0 Å². The van der Waals surface area contributed by atoms with Crippen molar-refractivity contribution in [2.75, 3.05) is 0 Å². The molecule has 5 heteroatoms. The Hall–Kier alpha value is -0.160. The lowest BCUT2D eigenvalue weighted by atomic mass is 10.4. The average molecular weight is 175 g/mol. The molecular weight excluding hydrogens is 166 g/mol. The number of rotatable bonds is 2. The molecule has 0 aliphatic rings. The Balaban J connectivity index is 3.01. The van der Waals surface area contributed by atoms with Crippen LogP contribution in [-0.4, -0.2) is 15.0 Å². The lowest BCUT2D eigenvalue weighted by Gasteiger charge is -1.95. The minimum absolute atomic E-state index is 0.629. The number of hydrogen-bond acceptors (Lipinski definition) is 4. The van der Waals surface area contributed by atoms with Crippen LogP contribution in [0.2, 0.25) is 0 Å². The molecule has 0 aromatic carbocycles. The summed E-state index contributed by atoms with van der Waals surface area (Å²) in [6.07, 6.45) is 0. The molecule has 3 nitrogen and oxygen atoms in total. The van der Waals surface area contributed by atoms with Gasteiger partial charge in [-0.15, -0.1) is 5.10 Å². The Kier molecular flexibility index (Phi) is 2.62. The molecule has 0 spiro atoms. The van der Waals surface area contributed by atoms with E-state index in [4.69, 9.17) is 0 Å². The van der Waals surface area contributed by atoms with Crippen LogP contribution in [0.4, 0.5) is 0 Å². The van der Waals surface area contributed by atoms with E-state index in [1.54, 1.807) is 4.68 Å². The van der Waals surface area contributed by atoms with Gasteiger partial charge in [0, 0.05) is 18.6 Å². The van der Waals surface area contributed by atoms with Crippen molar-refractivity contribution in [3.05, 3.63) is 11.4 Å². The first-order chi connectivity index (χ1) is 4.79. The summed E-state index contributed by atoms with van der Waals surface area (Å²) in [5.41, 5.74) is 1.96. The molecule has 56 valence electrons. The van der Waals surface area contributed by atoms with Crippen LogP contribution >= 0.6 is 25.3 Å². The minimum atomic E-state index is 0.629. The molecular formula is C5H9N3S2. The zero-order chi connectivity index (χ0) is 7.56. The smallest absolute Gasteiger partial charge is 0.0963 e. The van der Waals surface area contributed by atoms with Gasteiger partial charge in [-0.3, -0.25) is 4.68 Å². The highest BCUT2D eigenvalue weighted by molar-refractivity contribution is 7.79. The summed E-state index contributed by atoms with van der Waals surface area (Å²) >= 11 is 8.23. The third-order valence-corrected chi connectivity index (χ3v) is 1.92. The second-order valence-corrected chi connectivity index (χ2v) is 2.56. The van der Waals surface area contributed by atoms with E-state index < -0.39 is 0 Å². The van der Waals surface area contributed by atoms with E-state index in [9.17, 15) is 0 Å². The quantitative estimate of drug-likeness (QED) is 0.647. The van der Waals surface area contributed by atoms with Gasteiger partial charge in [0.25, 0.3) is 0 Å². The largest absolute Gasteiger partial charge is 0.251 e. The van der Waals surface area contributed by atoms with Crippen LogP contribution in [-0.2, 0) is 18.6 Å². The van der Waals surface area contributed by atoms with Crippen LogP contribution in [0.5, 0.6) is 0 Å². The summed E-state index contributed by atoms with van der Waals surface area (Å²) in [7, 11) is 1.85. The number of nitrogens with zero attached hydrogens (tertiary/aromatic N) is 3. The Morgan fingerprint density at radius 3 is 2.50 bits per heavy atom. The zero-order valence-electron chi connectivity index (χ0n) is 5.65. The molecule has 1 aromatic rings. The van der Waals surface area contributed by atoms with Gasteiger partial charge in [0.15, 0.2) is 0 Å². The fourth-order valence-electron chi connectivity index (χ4n) is 0.736. The van der Waals surface area contributed by atoms with Gasteiger partial charge in [-0.2, -0.15) is 25.3 Å². The van der Waals surface area contributed by atoms with E-state index in [2.05, 4.69) is 35.6 Å². The average Bonchev–Trinajstić information content (AvgIpc) is 2.30. The monoisotopic (exact) mass is 175 g/mol. The third kappa shape index (κ3) is 1.29. The second kappa shape index (κ2) is 3.30. The number of thiol groups is 2. The van der Waals surface area contributed by atoms with Gasteiger partial charge in [-0.1, -0.05) is 5.21 Å². The first kappa shape index (κ1) is 7.94. The fraction of sp³-hybridized carbons (Fsp3) is 0.600. The Bertz CT molecular complexity index is 221. The molecule has 1 rings (SSSR count). The summed E-state index contributed by atoms with van der Waals surface area (Å²) in [5.74, 6) is 1.29. The number of hydrogen-bond donors (Lipinski definition) is 2. The molecule has 0 aliphatic heterocycles. The van der Waals surface area contributed by atoms with Crippen molar-refractivity contribution in [2.24, 2.45) is 7.05 Å². The van der Waals surface area contributed by atoms with Crippen molar-refractivity contribution in [3.8, 4) is 0 Å². The summed E-state index contributed by atoms with van der Waals surface area (Å²) in [6, 6.07) is 0. The van der Waals surface area contributed by atoms with Gasteiger partial charge in [-0.25, -0.2) is 0 Å². The maximum absolute atomic E-state index is 4.13. The van der Waals surface area contributed by atoms with Gasteiger partial charge < -0.3 is 0 Å². The van der Waals surface area contributed by atoms with E-state index in [0.717, 1.165) is 11.4 Å². The van der Waals surface area contributed by atoms with Crippen LogP contribution in [0, 0.1) is 0 Å². The fourth-order valence-corrected chi connectivity index (χ4v) is 1.37. The number of aromatic nitrogens is 3. The maximum atomic E-state index is 4.13. The molecule has 0 saturated heterocycles. The highest BCUT2D eigenvalue weighted by Gasteiger charge is 2.05. The van der Waals surface area contributed by atoms with Gasteiger partial charge in [-0.05, 0) is 0 Å². The lowest BCUT2D eigenvalue weighted by molar-refractivity contribution is 0.694. The van der Waals surface area contributed by atoms with E-state index >= 15 is 0 Å². The molecule has 0 aliphatic carbocycles. The van der Waals surface area contributed by atoms with Crippen molar-refractivity contribution in [3.63, 3.8) is 0 Å². The molecule has 1 heterocycles. The molecule has 0 N–H and O–H groups in total. The van der Waals surface area contributed by atoms with Crippen LogP contribution in [0.15, 0.2) is 0 Å². The molecule has 0 radical (unpaired) electrons. The van der Waals surface area contributed by atoms with E-state index in [0.29, 0.717) is 11.5 Å². The van der Waals surface area contributed by atoms with Crippen molar-refractivity contribution >= 4 is 25.3 Å². The lowest BCUT2D eigenvalue weighted by Crippen LogP contribution is -1.96. The molecule has 0 bridgehead atoms. The summed E-state index contributed by atoms with van der Waals surface area (Å²) in [4.78, 5) is 0. The van der Waals surface area contributed by atoms with Gasteiger partial charge in [0.1, 0.15) is 0 Å². The molecule has 10 heavy (non-hydrogen) atoms. The van der Waals surface area contributed by atoms with E-state index in [-0.39, 0.29) is 0 Å². The molecule has 0 amide bonds. The normalized spacial score (nSPS) is 10.3. The SMILES string of the molecule is Cn1nnc(CS)c1CS. The summed E-state index contributed by atoms with van der Waals surface area (Å²) < 4.78 is 1.72. The van der Waals surface area contributed by atoms with Crippen molar-refractivity contribution in [1.29, 1.82) is 0 Å². The van der Waals surface area contributed by atoms with Crippen molar-refractivity contribution in [1.82, 2.24) is 15.0 Å². The Morgan fingerprint density at radius 2 is 2.10 bits per heavy atom. The van der Waals surface area contributed by atoms with Gasteiger partial charge >= 0.3 is 0 Å². The van der Waals surface area contributed by atoms with Crippen LogP contribution in [0.1, 0.15) is 11.4 Å². The standard InChI is InChI=1S/C5H9N3S2/c1-8-5(3-10)4(2-9)6-7-8/h9-10H,2-3H2,1H3.